The second-order valence-corrected chi connectivity index (χ2v) is 5.78. The Morgan fingerprint density at radius 1 is 1.28 bits per heavy atom. The standard InChI is InChI=1S/C14H29N3O/c1-12(2)11-13(15)14(18)16-7-3-4-8-17-9-5-6-10-17/h12-13H,3-11,15H2,1-2H3,(H,16,18)/t13-/m0/s1. The zero-order chi connectivity index (χ0) is 13.4. The van der Waals surface area contributed by atoms with E-state index in [1.165, 1.54) is 38.9 Å². The van der Waals surface area contributed by atoms with Crippen LogP contribution in [0.3, 0.4) is 0 Å². The predicted octanol–water partition coefficient (Wildman–Crippen LogP) is 1.35. The molecule has 0 aromatic heterocycles. The number of nitrogens with two attached hydrogens (primary N) is 1. The maximum atomic E-state index is 11.7. The molecule has 1 aliphatic rings. The molecule has 106 valence electrons. The number of carbonyl (C=O) groups is 1. The summed E-state index contributed by atoms with van der Waals surface area (Å²) in [5, 5.41) is 2.93. The number of unbranched alkanes of at least 4 members (excludes halogenated alkanes) is 1. The van der Waals surface area contributed by atoms with Crippen molar-refractivity contribution >= 4 is 5.91 Å². The smallest absolute Gasteiger partial charge is 0.236 e. The molecule has 1 atom stereocenters. The van der Waals surface area contributed by atoms with E-state index in [4.69, 9.17) is 5.73 Å². The van der Waals surface area contributed by atoms with Crippen LogP contribution in [0.5, 0.6) is 0 Å². The van der Waals surface area contributed by atoms with Crippen molar-refractivity contribution in [3.8, 4) is 0 Å². The van der Waals surface area contributed by atoms with Crippen molar-refractivity contribution in [1.29, 1.82) is 0 Å². The molecule has 1 heterocycles. The lowest BCUT2D eigenvalue weighted by Gasteiger charge is -2.15. The van der Waals surface area contributed by atoms with E-state index in [2.05, 4.69) is 24.1 Å². The first kappa shape index (κ1) is 15.4. The molecular weight excluding hydrogens is 226 g/mol. The summed E-state index contributed by atoms with van der Waals surface area (Å²) >= 11 is 0. The molecule has 0 aromatic rings. The van der Waals surface area contributed by atoms with Gasteiger partial charge in [0.2, 0.25) is 5.91 Å². The first-order chi connectivity index (χ1) is 8.59. The van der Waals surface area contributed by atoms with Crippen molar-refractivity contribution in [1.82, 2.24) is 10.2 Å². The highest BCUT2D eigenvalue weighted by molar-refractivity contribution is 5.81. The minimum atomic E-state index is -0.344. The summed E-state index contributed by atoms with van der Waals surface area (Å²) in [7, 11) is 0. The first-order valence-corrected chi connectivity index (χ1v) is 7.35. The lowest BCUT2D eigenvalue weighted by Crippen LogP contribution is -2.41. The minimum Gasteiger partial charge on any atom is -0.355 e. The van der Waals surface area contributed by atoms with E-state index in [-0.39, 0.29) is 11.9 Å². The quantitative estimate of drug-likeness (QED) is 0.644. The Bertz CT molecular complexity index is 237. The van der Waals surface area contributed by atoms with Gasteiger partial charge in [-0.1, -0.05) is 13.8 Å². The summed E-state index contributed by atoms with van der Waals surface area (Å²) in [4.78, 5) is 14.2. The summed E-state index contributed by atoms with van der Waals surface area (Å²) in [5.74, 6) is 0.478. The van der Waals surface area contributed by atoms with Crippen molar-refractivity contribution in [2.75, 3.05) is 26.2 Å². The molecule has 0 aromatic carbocycles. The molecule has 0 aliphatic carbocycles. The van der Waals surface area contributed by atoms with E-state index < -0.39 is 0 Å². The fourth-order valence-corrected chi connectivity index (χ4v) is 2.42. The molecule has 3 N–H and O–H groups in total. The van der Waals surface area contributed by atoms with Gasteiger partial charge in [-0.3, -0.25) is 4.79 Å². The van der Waals surface area contributed by atoms with E-state index in [1.54, 1.807) is 0 Å². The Morgan fingerprint density at radius 2 is 1.94 bits per heavy atom. The molecule has 1 aliphatic heterocycles. The van der Waals surface area contributed by atoms with E-state index in [9.17, 15) is 4.79 Å². The highest BCUT2D eigenvalue weighted by atomic mass is 16.2. The molecule has 0 bridgehead atoms. The van der Waals surface area contributed by atoms with Gasteiger partial charge in [-0.05, 0) is 57.7 Å². The van der Waals surface area contributed by atoms with E-state index in [0.717, 1.165) is 19.4 Å². The Hall–Kier alpha value is -0.610. The number of nitrogens with one attached hydrogen (secondary N) is 1. The maximum absolute atomic E-state index is 11.7. The number of hydrogen-bond acceptors (Lipinski definition) is 3. The molecule has 0 spiro atoms. The van der Waals surface area contributed by atoms with E-state index >= 15 is 0 Å². The van der Waals surface area contributed by atoms with Crippen LogP contribution >= 0.6 is 0 Å². The lowest BCUT2D eigenvalue weighted by atomic mass is 10.0. The molecule has 0 unspecified atom stereocenters. The molecule has 1 rings (SSSR count). The van der Waals surface area contributed by atoms with E-state index in [1.807, 2.05) is 0 Å². The Labute approximate surface area is 111 Å². The van der Waals surface area contributed by atoms with Crippen LogP contribution in [0, 0.1) is 5.92 Å². The normalized spacial score (nSPS) is 18.2. The van der Waals surface area contributed by atoms with Gasteiger partial charge in [0, 0.05) is 6.54 Å². The van der Waals surface area contributed by atoms with Crippen molar-refractivity contribution in [3.63, 3.8) is 0 Å². The monoisotopic (exact) mass is 255 g/mol. The van der Waals surface area contributed by atoms with Gasteiger partial charge in [-0.2, -0.15) is 0 Å². The van der Waals surface area contributed by atoms with Gasteiger partial charge < -0.3 is 16.0 Å². The molecule has 0 saturated carbocycles. The number of hydrogen-bond donors (Lipinski definition) is 2. The zero-order valence-electron chi connectivity index (χ0n) is 12.0. The average molecular weight is 255 g/mol. The fourth-order valence-electron chi connectivity index (χ4n) is 2.42. The van der Waals surface area contributed by atoms with Crippen LogP contribution in [0.1, 0.15) is 46.0 Å². The second-order valence-electron chi connectivity index (χ2n) is 5.78. The van der Waals surface area contributed by atoms with Gasteiger partial charge in [-0.25, -0.2) is 0 Å². The molecule has 0 radical (unpaired) electrons. The second kappa shape index (κ2) is 8.48. The van der Waals surface area contributed by atoms with Gasteiger partial charge in [0.25, 0.3) is 0 Å². The van der Waals surface area contributed by atoms with Gasteiger partial charge in [0.05, 0.1) is 6.04 Å². The number of nitrogens with zero attached hydrogens (tertiary/aromatic N) is 1. The van der Waals surface area contributed by atoms with Crippen LogP contribution in [-0.2, 0) is 4.79 Å². The van der Waals surface area contributed by atoms with Crippen molar-refractivity contribution < 1.29 is 4.79 Å². The maximum Gasteiger partial charge on any atom is 0.236 e. The van der Waals surface area contributed by atoms with Crippen molar-refractivity contribution in [2.24, 2.45) is 11.7 Å². The van der Waals surface area contributed by atoms with Gasteiger partial charge >= 0.3 is 0 Å². The largest absolute Gasteiger partial charge is 0.355 e. The highest BCUT2D eigenvalue weighted by Crippen LogP contribution is 2.08. The predicted molar refractivity (Wildman–Crippen MR) is 75.3 cm³/mol. The topological polar surface area (TPSA) is 58.4 Å². The molecule has 1 amide bonds. The van der Waals surface area contributed by atoms with Crippen LogP contribution in [0.15, 0.2) is 0 Å². The Morgan fingerprint density at radius 3 is 2.56 bits per heavy atom. The van der Waals surface area contributed by atoms with Crippen molar-refractivity contribution in [2.45, 2.75) is 52.0 Å². The zero-order valence-corrected chi connectivity index (χ0v) is 12.0. The summed E-state index contributed by atoms with van der Waals surface area (Å²) in [6.07, 6.45) is 5.68. The summed E-state index contributed by atoms with van der Waals surface area (Å²) < 4.78 is 0. The average Bonchev–Trinajstić information content (AvgIpc) is 2.80. The van der Waals surface area contributed by atoms with Crippen LogP contribution < -0.4 is 11.1 Å². The molecule has 18 heavy (non-hydrogen) atoms. The SMILES string of the molecule is CC(C)C[C@H](N)C(=O)NCCCCN1CCCC1. The number of likely N-dealkylation sites (tertiary alicyclic amines) is 1. The minimum absolute atomic E-state index is 0.00451. The van der Waals surface area contributed by atoms with E-state index in [0.29, 0.717) is 5.92 Å². The molecule has 4 nitrogen and oxygen atoms in total. The third-order valence-electron chi connectivity index (χ3n) is 3.46. The Balaban J connectivity index is 1.97. The molecular formula is C14H29N3O. The molecule has 1 saturated heterocycles. The van der Waals surface area contributed by atoms with Gasteiger partial charge in [-0.15, -0.1) is 0 Å². The number of carbonyl (C=O) groups excluding carboxylic acids is 1. The fraction of sp³-hybridized carbons (Fsp3) is 0.929. The third-order valence-corrected chi connectivity index (χ3v) is 3.46. The highest BCUT2D eigenvalue weighted by Gasteiger charge is 2.14. The summed E-state index contributed by atoms with van der Waals surface area (Å²) in [6, 6.07) is -0.344. The number of rotatable bonds is 8. The lowest BCUT2D eigenvalue weighted by molar-refractivity contribution is -0.122. The summed E-state index contributed by atoms with van der Waals surface area (Å²) in [6.45, 7) is 8.62. The van der Waals surface area contributed by atoms with Crippen LogP contribution in [0.4, 0.5) is 0 Å². The third kappa shape index (κ3) is 6.36. The first-order valence-electron chi connectivity index (χ1n) is 7.35. The Kier molecular flexibility index (Phi) is 7.28. The van der Waals surface area contributed by atoms with Crippen molar-refractivity contribution in [3.05, 3.63) is 0 Å². The van der Waals surface area contributed by atoms with Gasteiger partial charge in [0.1, 0.15) is 0 Å². The summed E-state index contributed by atoms with van der Waals surface area (Å²) in [5.41, 5.74) is 5.81. The van der Waals surface area contributed by atoms with Crippen LogP contribution in [0.2, 0.25) is 0 Å². The van der Waals surface area contributed by atoms with Crippen LogP contribution in [0.25, 0.3) is 0 Å². The molecule has 4 heteroatoms. The van der Waals surface area contributed by atoms with Gasteiger partial charge in [0.15, 0.2) is 0 Å². The molecule has 1 fully saturated rings. The number of amides is 1. The van der Waals surface area contributed by atoms with Crippen LogP contribution in [-0.4, -0.2) is 43.0 Å².